The van der Waals surface area contributed by atoms with Crippen molar-refractivity contribution in [2.75, 3.05) is 37.8 Å². The van der Waals surface area contributed by atoms with Crippen LogP contribution in [-0.4, -0.2) is 77.8 Å². The van der Waals surface area contributed by atoms with Gasteiger partial charge in [-0.05, 0) is 74.6 Å². The van der Waals surface area contributed by atoms with Crippen LogP contribution in [-0.2, 0) is 20.9 Å². The average Bonchev–Trinajstić information content (AvgIpc) is 3.01. The van der Waals surface area contributed by atoms with Crippen LogP contribution in [0.1, 0.15) is 51.0 Å². The van der Waals surface area contributed by atoms with Gasteiger partial charge in [0.2, 0.25) is 11.8 Å². The number of alkyl carbamates (subject to hydrolysis) is 1. The van der Waals surface area contributed by atoms with Crippen LogP contribution < -0.4 is 16.0 Å². The van der Waals surface area contributed by atoms with Crippen molar-refractivity contribution >= 4 is 41.4 Å². The lowest BCUT2D eigenvalue weighted by Crippen LogP contribution is -2.73. The lowest BCUT2D eigenvalue weighted by molar-refractivity contribution is -0.160. The third-order valence-corrected chi connectivity index (χ3v) is 8.62. The summed E-state index contributed by atoms with van der Waals surface area (Å²) >= 11 is 1.64. The number of piperidine rings is 1. The smallest absolute Gasteiger partial charge is 0.407 e. The molecule has 0 unspecified atom stereocenters. The fourth-order valence-corrected chi connectivity index (χ4v) is 5.92. The van der Waals surface area contributed by atoms with Crippen molar-refractivity contribution in [1.29, 1.82) is 0 Å². The number of rotatable bonds is 11. The Balaban J connectivity index is 1.23. The van der Waals surface area contributed by atoms with Gasteiger partial charge in [0.15, 0.2) is 0 Å². The second-order valence-electron chi connectivity index (χ2n) is 10.7. The van der Waals surface area contributed by atoms with Gasteiger partial charge in [0.05, 0.1) is 0 Å². The minimum atomic E-state index is -0.940. The first kappa shape index (κ1) is 31.2. The number of nitrogens with one attached hydrogen (secondary N) is 3. The van der Waals surface area contributed by atoms with Gasteiger partial charge in [0.1, 0.15) is 18.2 Å². The van der Waals surface area contributed by atoms with Gasteiger partial charge in [-0.2, -0.15) is 0 Å². The molecule has 42 heavy (non-hydrogen) atoms. The summed E-state index contributed by atoms with van der Waals surface area (Å²) in [6.45, 7) is 3.88. The summed E-state index contributed by atoms with van der Waals surface area (Å²) in [6, 6.07) is 16.3. The van der Waals surface area contributed by atoms with Gasteiger partial charge in [0, 0.05) is 36.8 Å². The van der Waals surface area contributed by atoms with Gasteiger partial charge < -0.3 is 30.5 Å². The third kappa shape index (κ3) is 7.76. The zero-order valence-corrected chi connectivity index (χ0v) is 25.2. The number of anilines is 1. The number of benzene rings is 2. The molecule has 2 heterocycles. The predicted octanol–water partition coefficient (Wildman–Crippen LogP) is 4.61. The number of unbranched alkanes of at least 4 members (excludes halogenated alkanes) is 1. The topological polar surface area (TPSA) is 120 Å². The van der Waals surface area contributed by atoms with E-state index in [0.29, 0.717) is 58.3 Å². The molecule has 2 fully saturated rings. The maximum Gasteiger partial charge on any atom is 0.407 e. The normalized spacial score (nSPS) is 18.0. The molecule has 11 heteroatoms. The molecule has 0 bridgehead atoms. The number of likely N-dealkylation sites (tertiary alicyclic amines) is 1. The number of nitrogens with zero attached hydrogens (tertiary/aromatic N) is 2. The van der Waals surface area contributed by atoms with Crippen LogP contribution >= 0.6 is 11.8 Å². The second kappa shape index (κ2) is 14.9. The van der Waals surface area contributed by atoms with E-state index < -0.39 is 17.7 Å². The van der Waals surface area contributed by atoms with Gasteiger partial charge in [-0.3, -0.25) is 9.59 Å². The van der Waals surface area contributed by atoms with Crippen LogP contribution in [0.5, 0.6) is 0 Å². The van der Waals surface area contributed by atoms with E-state index in [2.05, 4.69) is 16.0 Å². The van der Waals surface area contributed by atoms with Crippen LogP contribution in [0.15, 0.2) is 59.5 Å². The van der Waals surface area contributed by atoms with Gasteiger partial charge in [-0.1, -0.05) is 37.3 Å². The van der Waals surface area contributed by atoms with Crippen molar-refractivity contribution in [2.24, 2.45) is 0 Å². The molecule has 2 saturated heterocycles. The summed E-state index contributed by atoms with van der Waals surface area (Å²) in [7, 11) is 0. The quantitative estimate of drug-likeness (QED) is 0.258. The molecule has 2 aliphatic rings. The van der Waals surface area contributed by atoms with Gasteiger partial charge in [0.25, 0.3) is 0 Å². The number of ether oxygens (including phenoxy) is 1. The molecule has 0 aliphatic carbocycles. The van der Waals surface area contributed by atoms with E-state index >= 15 is 0 Å². The minimum Gasteiger partial charge on any atom is -0.445 e. The molecule has 0 radical (unpaired) electrons. The van der Waals surface area contributed by atoms with Crippen LogP contribution in [0.2, 0.25) is 0 Å². The molecule has 10 nitrogen and oxygen atoms in total. The Bertz CT molecular complexity index is 1220. The standard InChI is InChI=1S/C31H41N5O5S/c1-3-19-36-27(37)26(11-7-8-18-32-30(40)41-22-23-9-5-4-6-10-23)34-28(38)31(36)16-20-35(21-17-31)29(39)33-24-12-14-25(42-2)15-13-24/h4-6,9-10,12-15,26H,3,7-8,11,16-22H2,1-2H3,(H,32,40)(H,33,39)(H,34,38)/t26-/m0/s1. The zero-order valence-electron chi connectivity index (χ0n) is 24.4. The Labute approximate surface area is 251 Å². The lowest BCUT2D eigenvalue weighted by Gasteiger charge is -2.51. The van der Waals surface area contributed by atoms with Crippen LogP contribution in [0.4, 0.5) is 15.3 Å². The molecule has 2 aromatic rings. The number of carbonyl (C=O) groups excluding carboxylic acids is 4. The molecule has 3 N–H and O–H groups in total. The van der Waals surface area contributed by atoms with Gasteiger partial charge >= 0.3 is 12.1 Å². The van der Waals surface area contributed by atoms with Crippen LogP contribution in [0.3, 0.4) is 0 Å². The number of piperazine rings is 1. The molecule has 4 rings (SSSR count). The highest BCUT2D eigenvalue weighted by Crippen LogP contribution is 2.34. The highest BCUT2D eigenvalue weighted by molar-refractivity contribution is 7.98. The van der Waals surface area contributed by atoms with Gasteiger partial charge in [-0.25, -0.2) is 9.59 Å². The maximum absolute atomic E-state index is 13.6. The van der Waals surface area contributed by atoms with Crippen molar-refractivity contribution in [3.8, 4) is 0 Å². The van der Waals surface area contributed by atoms with E-state index in [9.17, 15) is 19.2 Å². The van der Waals surface area contributed by atoms with Crippen molar-refractivity contribution in [1.82, 2.24) is 20.4 Å². The summed E-state index contributed by atoms with van der Waals surface area (Å²) in [6.07, 6.45) is 4.85. The van der Waals surface area contributed by atoms with E-state index in [4.69, 9.17) is 4.74 Å². The van der Waals surface area contributed by atoms with Crippen molar-refractivity contribution in [3.63, 3.8) is 0 Å². The average molecular weight is 596 g/mol. The van der Waals surface area contributed by atoms with Gasteiger partial charge in [-0.15, -0.1) is 11.8 Å². The Hall–Kier alpha value is -3.73. The summed E-state index contributed by atoms with van der Waals surface area (Å²) in [5.41, 5.74) is 0.697. The SMILES string of the molecule is CCCN1C(=O)[C@H](CCCCNC(=O)OCc2ccccc2)NC(=O)C12CCN(C(=O)Nc1ccc(SC)cc1)CC2. The number of urea groups is 1. The lowest BCUT2D eigenvalue weighted by atomic mass is 9.81. The molecular weight excluding hydrogens is 554 g/mol. The second-order valence-corrected chi connectivity index (χ2v) is 11.6. The summed E-state index contributed by atoms with van der Waals surface area (Å²) < 4.78 is 5.22. The van der Waals surface area contributed by atoms with Crippen molar-refractivity contribution in [3.05, 3.63) is 60.2 Å². The Morgan fingerprint density at radius 2 is 1.76 bits per heavy atom. The molecule has 0 aromatic heterocycles. The van der Waals surface area contributed by atoms with Crippen molar-refractivity contribution in [2.45, 2.75) is 68.5 Å². The van der Waals surface area contributed by atoms with Crippen LogP contribution in [0, 0.1) is 0 Å². The molecule has 226 valence electrons. The molecular formula is C31H41N5O5S. The maximum atomic E-state index is 13.6. The molecule has 1 atom stereocenters. The minimum absolute atomic E-state index is 0.0709. The third-order valence-electron chi connectivity index (χ3n) is 7.88. The predicted molar refractivity (Wildman–Crippen MR) is 163 cm³/mol. The van der Waals surface area contributed by atoms with Crippen LogP contribution in [0.25, 0.3) is 0 Å². The van der Waals surface area contributed by atoms with E-state index in [1.54, 1.807) is 21.6 Å². The number of thioether (sulfide) groups is 1. The monoisotopic (exact) mass is 595 g/mol. The Kier molecular flexibility index (Phi) is 11.1. The summed E-state index contributed by atoms with van der Waals surface area (Å²) in [5, 5.41) is 8.66. The number of carbonyl (C=O) groups is 4. The molecule has 0 saturated carbocycles. The number of hydrogen-bond acceptors (Lipinski definition) is 6. The molecule has 5 amide bonds. The fourth-order valence-electron chi connectivity index (χ4n) is 5.51. The highest BCUT2D eigenvalue weighted by atomic mass is 32.2. The molecule has 2 aliphatic heterocycles. The first-order valence-corrected chi connectivity index (χ1v) is 15.9. The van der Waals surface area contributed by atoms with E-state index in [1.807, 2.05) is 67.8 Å². The highest BCUT2D eigenvalue weighted by Gasteiger charge is 2.53. The molecule has 1 spiro atoms. The molecule has 2 aromatic carbocycles. The first-order valence-electron chi connectivity index (χ1n) is 14.6. The van der Waals surface area contributed by atoms with E-state index in [1.165, 1.54) is 0 Å². The zero-order chi connectivity index (χ0) is 30.0. The fraction of sp³-hybridized carbons (Fsp3) is 0.484. The number of amides is 5. The van der Waals surface area contributed by atoms with Crippen molar-refractivity contribution < 1.29 is 23.9 Å². The van der Waals surface area contributed by atoms with E-state index in [-0.39, 0.29) is 24.5 Å². The Morgan fingerprint density at radius 1 is 1.05 bits per heavy atom. The summed E-state index contributed by atoms with van der Waals surface area (Å²) in [5.74, 6) is -0.214. The number of hydrogen-bond donors (Lipinski definition) is 3. The Morgan fingerprint density at radius 3 is 2.43 bits per heavy atom. The summed E-state index contributed by atoms with van der Waals surface area (Å²) in [4.78, 5) is 56.5. The first-order chi connectivity index (χ1) is 20.4. The van der Waals surface area contributed by atoms with E-state index in [0.717, 1.165) is 22.6 Å². The largest absolute Gasteiger partial charge is 0.445 e.